The molecule has 0 aromatic carbocycles. The molecule has 3 heteroatoms. The van der Waals surface area contributed by atoms with E-state index in [-0.39, 0.29) is 6.61 Å². The van der Waals surface area contributed by atoms with Crippen molar-refractivity contribution < 1.29 is 5.11 Å². The lowest BCUT2D eigenvalue weighted by Gasteiger charge is -2.04. The highest BCUT2D eigenvalue weighted by molar-refractivity contribution is 6.29. The minimum Gasteiger partial charge on any atom is -0.392 e. The van der Waals surface area contributed by atoms with Crippen molar-refractivity contribution in [3.8, 4) is 0 Å². The number of pyridine rings is 1. The van der Waals surface area contributed by atoms with E-state index in [0.717, 1.165) is 11.3 Å². The Hall–Kier alpha value is -0.600. The number of aliphatic hydroxyl groups is 1. The summed E-state index contributed by atoms with van der Waals surface area (Å²) in [6, 6.07) is 3.57. The highest BCUT2D eigenvalue weighted by Crippen LogP contribution is 2.40. The van der Waals surface area contributed by atoms with Gasteiger partial charge in [-0.2, -0.15) is 0 Å². The molecule has 1 aromatic rings. The molecular formula is C9H10ClNO. The fraction of sp³-hybridized carbons (Fsp3) is 0.444. The largest absolute Gasteiger partial charge is 0.392 e. The molecule has 64 valence electrons. The zero-order chi connectivity index (χ0) is 8.55. The monoisotopic (exact) mass is 183 g/mol. The van der Waals surface area contributed by atoms with Crippen LogP contribution in [0.25, 0.3) is 0 Å². The van der Waals surface area contributed by atoms with Crippen LogP contribution in [0.4, 0.5) is 0 Å². The summed E-state index contributed by atoms with van der Waals surface area (Å²) in [7, 11) is 0. The highest BCUT2D eigenvalue weighted by Gasteiger charge is 2.27. The van der Waals surface area contributed by atoms with Crippen molar-refractivity contribution in [2.24, 2.45) is 0 Å². The molecule has 0 amide bonds. The van der Waals surface area contributed by atoms with Crippen LogP contribution in [0.15, 0.2) is 12.1 Å². The van der Waals surface area contributed by atoms with Crippen LogP contribution in [0.2, 0.25) is 5.15 Å². The van der Waals surface area contributed by atoms with Gasteiger partial charge in [0, 0.05) is 5.92 Å². The molecule has 0 bridgehead atoms. The van der Waals surface area contributed by atoms with Crippen LogP contribution in [-0.2, 0) is 6.61 Å². The molecule has 0 aliphatic heterocycles. The average molecular weight is 184 g/mol. The molecule has 0 spiro atoms. The zero-order valence-electron chi connectivity index (χ0n) is 6.63. The van der Waals surface area contributed by atoms with Crippen LogP contribution >= 0.6 is 11.6 Å². The number of aliphatic hydroxyl groups excluding tert-OH is 1. The maximum atomic E-state index is 9.00. The maximum absolute atomic E-state index is 9.00. The highest BCUT2D eigenvalue weighted by atomic mass is 35.5. The molecule has 1 aliphatic rings. The second-order valence-corrected chi connectivity index (χ2v) is 3.50. The molecule has 2 nitrogen and oxygen atoms in total. The SMILES string of the molecule is OCc1ccc(Cl)nc1C1CC1. The Kier molecular flexibility index (Phi) is 2.03. The van der Waals surface area contributed by atoms with Gasteiger partial charge in [0.25, 0.3) is 0 Å². The third kappa shape index (κ3) is 1.45. The Bertz CT molecular complexity index is 297. The van der Waals surface area contributed by atoms with E-state index in [9.17, 15) is 0 Å². The van der Waals surface area contributed by atoms with Crippen LogP contribution in [-0.4, -0.2) is 10.1 Å². The lowest BCUT2D eigenvalue weighted by Crippen LogP contribution is -1.95. The number of nitrogens with zero attached hydrogens (tertiary/aromatic N) is 1. The van der Waals surface area contributed by atoms with Gasteiger partial charge in [-0.15, -0.1) is 0 Å². The van der Waals surface area contributed by atoms with Crippen LogP contribution in [0.3, 0.4) is 0 Å². The number of hydrogen-bond donors (Lipinski definition) is 1. The Morgan fingerprint density at radius 3 is 2.83 bits per heavy atom. The summed E-state index contributed by atoms with van der Waals surface area (Å²) in [5, 5.41) is 9.53. The molecule has 0 saturated heterocycles. The van der Waals surface area contributed by atoms with Crippen molar-refractivity contribution in [3.63, 3.8) is 0 Å². The second kappa shape index (κ2) is 3.04. The quantitative estimate of drug-likeness (QED) is 0.713. The third-order valence-electron chi connectivity index (χ3n) is 2.11. The summed E-state index contributed by atoms with van der Waals surface area (Å²) in [6.45, 7) is 0.0655. The number of aromatic nitrogens is 1. The Labute approximate surface area is 76.2 Å². The number of rotatable bonds is 2. The summed E-state index contributed by atoms with van der Waals surface area (Å²) in [5.41, 5.74) is 1.91. The predicted octanol–water partition coefficient (Wildman–Crippen LogP) is 2.10. The van der Waals surface area contributed by atoms with Crippen LogP contribution in [0.1, 0.15) is 30.0 Å². The van der Waals surface area contributed by atoms with Gasteiger partial charge in [0.2, 0.25) is 0 Å². The fourth-order valence-electron chi connectivity index (χ4n) is 1.32. The molecular weight excluding hydrogens is 174 g/mol. The van der Waals surface area contributed by atoms with Crippen molar-refractivity contribution in [2.75, 3.05) is 0 Å². The van der Waals surface area contributed by atoms with Crippen molar-refractivity contribution in [2.45, 2.75) is 25.4 Å². The molecule has 1 saturated carbocycles. The molecule has 1 aliphatic carbocycles. The van der Waals surface area contributed by atoms with E-state index in [1.54, 1.807) is 6.07 Å². The average Bonchev–Trinajstić information content (AvgIpc) is 2.87. The van der Waals surface area contributed by atoms with E-state index < -0.39 is 0 Å². The summed E-state index contributed by atoms with van der Waals surface area (Å²) >= 11 is 5.75. The standard InChI is InChI=1S/C9H10ClNO/c10-8-4-3-7(5-12)9(11-8)6-1-2-6/h3-4,6,12H,1-2,5H2. The molecule has 1 aromatic heterocycles. The summed E-state index contributed by atoms with van der Waals surface area (Å²) in [5.74, 6) is 0.547. The van der Waals surface area contributed by atoms with Gasteiger partial charge < -0.3 is 5.11 Å². The van der Waals surface area contributed by atoms with Gasteiger partial charge in [-0.25, -0.2) is 4.98 Å². The van der Waals surface area contributed by atoms with Gasteiger partial charge in [-0.3, -0.25) is 0 Å². The van der Waals surface area contributed by atoms with E-state index in [1.807, 2.05) is 6.07 Å². The molecule has 12 heavy (non-hydrogen) atoms. The summed E-state index contributed by atoms with van der Waals surface area (Å²) in [4.78, 5) is 4.21. The van der Waals surface area contributed by atoms with Crippen molar-refractivity contribution >= 4 is 11.6 Å². The molecule has 1 heterocycles. The van der Waals surface area contributed by atoms with E-state index >= 15 is 0 Å². The van der Waals surface area contributed by atoms with Gasteiger partial charge in [0.15, 0.2) is 0 Å². The van der Waals surface area contributed by atoms with E-state index in [2.05, 4.69) is 4.98 Å². The van der Waals surface area contributed by atoms with Crippen molar-refractivity contribution in [1.82, 2.24) is 4.98 Å². The maximum Gasteiger partial charge on any atom is 0.129 e. The van der Waals surface area contributed by atoms with Gasteiger partial charge in [-0.1, -0.05) is 17.7 Å². The molecule has 2 rings (SSSR count). The van der Waals surface area contributed by atoms with E-state index in [4.69, 9.17) is 16.7 Å². The van der Waals surface area contributed by atoms with Gasteiger partial charge >= 0.3 is 0 Å². The van der Waals surface area contributed by atoms with Crippen LogP contribution < -0.4 is 0 Å². The summed E-state index contributed by atoms with van der Waals surface area (Å²) < 4.78 is 0. The first-order valence-electron chi connectivity index (χ1n) is 4.07. The normalized spacial score (nSPS) is 16.5. The van der Waals surface area contributed by atoms with Crippen molar-refractivity contribution in [3.05, 3.63) is 28.5 Å². The first-order valence-corrected chi connectivity index (χ1v) is 4.45. The minimum atomic E-state index is 0.0655. The number of halogens is 1. The Balaban J connectivity index is 2.39. The van der Waals surface area contributed by atoms with E-state index in [1.165, 1.54) is 12.8 Å². The fourth-order valence-corrected chi connectivity index (χ4v) is 1.48. The minimum absolute atomic E-state index is 0.0655. The lowest BCUT2D eigenvalue weighted by atomic mass is 10.1. The molecule has 1 N–H and O–H groups in total. The van der Waals surface area contributed by atoms with Gasteiger partial charge in [-0.05, 0) is 24.5 Å². The lowest BCUT2D eigenvalue weighted by molar-refractivity contribution is 0.280. The molecule has 0 radical (unpaired) electrons. The van der Waals surface area contributed by atoms with E-state index in [0.29, 0.717) is 11.1 Å². The molecule has 1 fully saturated rings. The Morgan fingerprint density at radius 2 is 2.25 bits per heavy atom. The van der Waals surface area contributed by atoms with Crippen LogP contribution in [0.5, 0.6) is 0 Å². The first-order chi connectivity index (χ1) is 5.81. The van der Waals surface area contributed by atoms with Gasteiger partial charge in [0.05, 0.1) is 12.3 Å². The van der Waals surface area contributed by atoms with Crippen LogP contribution in [0, 0.1) is 0 Å². The Morgan fingerprint density at radius 1 is 1.50 bits per heavy atom. The first kappa shape index (κ1) is 8.02. The topological polar surface area (TPSA) is 33.1 Å². The van der Waals surface area contributed by atoms with Gasteiger partial charge in [0.1, 0.15) is 5.15 Å². The third-order valence-corrected chi connectivity index (χ3v) is 2.32. The summed E-state index contributed by atoms with van der Waals surface area (Å²) in [6.07, 6.45) is 2.36. The predicted molar refractivity (Wildman–Crippen MR) is 47.1 cm³/mol. The molecule has 0 unspecified atom stereocenters. The molecule has 0 atom stereocenters. The zero-order valence-corrected chi connectivity index (χ0v) is 7.38. The number of hydrogen-bond acceptors (Lipinski definition) is 2. The smallest absolute Gasteiger partial charge is 0.129 e. The van der Waals surface area contributed by atoms with Crippen molar-refractivity contribution in [1.29, 1.82) is 0 Å². The second-order valence-electron chi connectivity index (χ2n) is 3.11.